The van der Waals surface area contributed by atoms with Crippen LogP contribution >= 0.6 is 11.3 Å². The summed E-state index contributed by atoms with van der Waals surface area (Å²) in [5.74, 6) is 1.37. The minimum Gasteiger partial charge on any atom is -0.496 e. The van der Waals surface area contributed by atoms with Gasteiger partial charge in [-0.25, -0.2) is 9.78 Å². The Kier molecular flexibility index (Phi) is 8.09. The summed E-state index contributed by atoms with van der Waals surface area (Å²) in [6, 6.07) is 16.0. The van der Waals surface area contributed by atoms with Gasteiger partial charge in [0.25, 0.3) is 5.91 Å². The van der Waals surface area contributed by atoms with Crippen LogP contribution in [0.4, 0.5) is 5.13 Å². The van der Waals surface area contributed by atoms with Gasteiger partial charge >= 0.3 is 5.97 Å². The number of rotatable bonds is 10. The minimum atomic E-state index is -0.498. The summed E-state index contributed by atoms with van der Waals surface area (Å²) in [5, 5.41) is 2.98. The highest BCUT2D eigenvalue weighted by atomic mass is 32.1. The molecule has 10 heteroatoms. The summed E-state index contributed by atoms with van der Waals surface area (Å²) >= 11 is 1.04. The maximum absolute atomic E-state index is 12.9. The zero-order chi connectivity index (χ0) is 26.4. The van der Waals surface area contributed by atoms with E-state index in [4.69, 9.17) is 23.4 Å². The third-order valence-electron chi connectivity index (χ3n) is 5.41. The normalized spacial score (nSPS) is 10.6. The fraction of sp³-hybridized carbons (Fsp3) is 0.222. The molecule has 2 aromatic carbocycles. The number of ether oxygens (including phenoxy) is 4. The standard InChI is InChI=1S/C27H26N2O7S/c1-5-35-26(31)24-23(16-9-7-6-8-10-16)28-27(37-24)29-25(30)20-12-11-17(36-20)13-19-21(33-3)14-18(32-2)15-22(19)34-4/h6-12,14-15H,5,13H2,1-4H3,(H,28,29,30). The molecule has 0 bridgehead atoms. The maximum Gasteiger partial charge on any atom is 0.350 e. The molecule has 0 fully saturated rings. The first-order valence-corrected chi connectivity index (χ1v) is 12.2. The van der Waals surface area contributed by atoms with Gasteiger partial charge in [-0.1, -0.05) is 41.7 Å². The van der Waals surface area contributed by atoms with Gasteiger partial charge in [0, 0.05) is 29.7 Å². The van der Waals surface area contributed by atoms with Crippen molar-refractivity contribution in [1.82, 2.24) is 4.98 Å². The molecule has 0 unspecified atom stereocenters. The molecule has 1 N–H and O–H groups in total. The van der Waals surface area contributed by atoms with Crippen LogP contribution in [0.5, 0.6) is 17.2 Å². The van der Waals surface area contributed by atoms with Crippen molar-refractivity contribution >= 4 is 28.3 Å². The number of aromatic nitrogens is 1. The molecule has 0 spiro atoms. The summed E-state index contributed by atoms with van der Waals surface area (Å²) < 4.78 is 27.3. The molecule has 0 aliphatic rings. The Morgan fingerprint density at radius 3 is 2.30 bits per heavy atom. The fourth-order valence-electron chi connectivity index (χ4n) is 3.68. The van der Waals surface area contributed by atoms with Crippen LogP contribution in [0.1, 0.15) is 38.5 Å². The molecule has 4 rings (SSSR count). The van der Waals surface area contributed by atoms with E-state index in [0.29, 0.717) is 40.0 Å². The van der Waals surface area contributed by atoms with Crippen molar-refractivity contribution < 1.29 is 33.0 Å². The van der Waals surface area contributed by atoms with E-state index in [0.717, 1.165) is 22.5 Å². The number of hydrogen-bond acceptors (Lipinski definition) is 9. The number of carbonyl (C=O) groups excluding carboxylic acids is 2. The Balaban J connectivity index is 1.56. The molecule has 2 heterocycles. The van der Waals surface area contributed by atoms with Gasteiger partial charge < -0.3 is 23.4 Å². The number of amides is 1. The van der Waals surface area contributed by atoms with Gasteiger partial charge in [-0.15, -0.1) is 0 Å². The van der Waals surface area contributed by atoms with Crippen molar-refractivity contribution in [3.8, 4) is 28.5 Å². The van der Waals surface area contributed by atoms with Crippen molar-refractivity contribution in [2.75, 3.05) is 33.3 Å². The van der Waals surface area contributed by atoms with Crippen LogP contribution in [0, 0.1) is 0 Å². The summed E-state index contributed by atoms with van der Waals surface area (Å²) in [4.78, 5) is 30.3. The van der Waals surface area contributed by atoms with Crippen LogP contribution in [-0.2, 0) is 11.2 Å². The predicted molar refractivity (Wildman–Crippen MR) is 139 cm³/mol. The number of methoxy groups -OCH3 is 3. The van der Waals surface area contributed by atoms with E-state index >= 15 is 0 Å². The third kappa shape index (κ3) is 5.75. The average molecular weight is 523 g/mol. The van der Waals surface area contributed by atoms with Gasteiger partial charge in [0.15, 0.2) is 10.9 Å². The number of thiazole rings is 1. The van der Waals surface area contributed by atoms with Crippen molar-refractivity contribution in [3.05, 3.63) is 76.6 Å². The predicted octanol–water partition coefficient (Wildman–Crippen LogP) is 5.45. The second-order valence-corrected chi connectivity index (χ2v) is 8.69. The molecule has 1 amide bonds. The molecule has 0 aliphatic carbocycles. The number of nitrogens with zero attached hydrogens (tertiary/aromatic N) is 1. The van der Waals surface area contributed by atoms with E-state index < -0.39 is 11.9 Å². The second kappa shape index (κ2) is 11.6. The maximum atomic E-state index is 12.9. The number of furan rings is 1. The van der Waals surface area contributed by atoms with Crippen LogP contribution in [0.3, 0.4) is 0 Å². The van der Waals surface area contributed by atoms with E-state index in [1.54, 1.807) is 52.5 Å². The number of anilines is 1. The lowest BCUT2D eigenvalue weighted by atomic mass is 10.1. The zero-order valence-corrected chi connectivity index (χ0v) is 21.6. The molecule has 9 nitrogen and oxygen atoms in total. The minimum absolute atomic E-state index is 0.0931. The van der Waals surface area contributed by atoms with Gasteiger partial charge in [-0.05, 0) is 19.1 Å². The lowest BCUT2D eigenvalue weighted by Crippen LogP contribution is -2.10. The first-order valence-electron chi connectivity index (χ1n) is 11.4. The average Bonchev–Trinajstić information content (AvgIpc) is 3.57. The highest BCUT2D eigenvalue weighted by Gasteiger charge is 2.23. The Morgan fingerprint density at radius 1 is 0.973 bits per heavy atom. The molecule has 0 aliphatic heterocycles. The summed E-state index contributed by atoms with van der Waals surface area (Å²) in [6.45, 7) is 1.96. The number of benzene rings is 2. The summed E-state index contributed by atoms with van der Waals surface area (Å²) in [7, 11) is 4.67. The first kappa shape index (κ1) is 25.8. The van der Waals surface area contributed by atoms with Crippen molar-refractivity contribution in [2.45, 2.75) is 13.3 Å². The van der Waals surface area contributed by atoms with E-state index in [9.17, 15) is 9.59 Å². The summed E-state index contributed by atoms with van der Waals surface area (Å²) in [5.41, 5.74) is 1.93. The number of carbonyl (C=O) groups is 2. The lowest BCUT2D eigenvalue weighted by molar-refractivity contribution is 0.0532. The molecule has 37 heavy (non-hydrogen) atoms. The van der Waals surface area contributed by atoms with Gasteiger partial charge in [0.2, 0.25) is 0 Å². The third-order valence-corrected chi connectivity index (χ3v) is 6.36. The highest BCUT2D eigenvalue weighted by Crippen LogP contribution is 2.36. The van der Waals surface area contributed by atoms with E-state index in [1.807, 2.05) is 30.3 Å². The van der Waals surface area contributed by atoms with Crippen LogP contribution in [-0.4, -0.2) is 44.8 Å². The van der Waals surface area contributed by atoms with Crippen LogP contribution in [0.2, 0.25) is 0 Å². The van der Waals surface area contributed by atoms with Crippen LogP contribution < -0.4 is 19.5 Å². The van der Waals surface area contributed by atoms with Crippen LogP contribution in [0.25, 0.3) is 11.3 Å². The topological polar surface area (TPSA) is 109 Å². The molecule has 4 aromatic rings. The fourth-order valence-corrected chi connectivity index (χ4v) is 4.56. The molecular formula is C27H26N2O7S. The van der Waals surface area contributed by atoms with E-state index in [-0.39, 0.29) is 17.5 Å². The Bertz CT molecular complexity index is 1370. The van der Waals surface area contributed by atoms with Crippen molar-refractivity contribution in [3.63, 3.8) is 0 Å². The van der Waals surface area contributed by atoms with Crippen LogP contribution in [0.15, 0.2) is 59.0 Å². The Labute approximate surface area is 218 Å². The second-order valence-electron chi connectivity index (χ2n) is 7.69. The SMILES string of the molecule is CCOC(=O)c1sc(NC(=O)c2ccc(Cc3c(OC)cc(OC)cc3OC)o2)nc1-c1ccccc1. The quantitative estimate of drug-likeness (QED) is 0.274. The molecule has 0 radical (unpaired) electrons. The molecular weight excluding hydrogens is 496 g/mol. The smallest absolute Gasteiger partial charge is 0.350 e. The zero-order valence-electron chi connectivity index (χ0n) is 20.8. The Hall–Kier alpha value is -4.31. The van der Waals surface area contributed by atoms with Gasteiger partial charge in [0.05, 0.1) is 33.6 Å². The molecule has 2 aromatic heterocycles. The number of esters is 1. The summed E-state index contributed by atoms with van der Waals surface area (Å²) in [6.07, 6.45) is 0.325. The van der Waals surface area contributed by atoms with E-state index in [2.05, 4.69) is 10.3 Å². The van der Waals surface area contributed by atoms with Gasteiger partial charge in [0.1, 0.15) is 27.9 Å². The van der Waals surface area contributed by atoms with Crippen molar-refractivity contribution in [2.24, 2.45) is 0 Å². The van der Waals surface area contributed by atoms with Crippen molar-refractivity contribution in [1.29, 1.82) is 0 Å². The monoisotopic (exact) mass is 522 g/mol. The first-order chi connectivity index (χ1) is 18.0. The number of hydrogen-bond donors (Lipinski definition) is 1. The molecule has 0 saturated heterocycles. The number of nitrogens with one attached hydrogen (secondary N) is 1. The molecule has 0 atom stereocenters. The van der Waals surface area contributed by atoms with Gasteiger partial charge in [-0.3, -0.25) is 10.1 Å². The van der Waals surface area contributed by atoms with Gasteiger partial charge in [-0.2, -0.15) is 0 Å². The largest absolute Gasteiger partial charge is 0.496 e. The molecule has 0 saturated carbocycles. The lowest BCUT2D eigenvalue weighted by Gasteiger charge is -2.14. The molecule has 192 valence electrons. The van der Waals surface area contributed by atoms with E-state index in [1.165, 1.54) is 0 Å². The highest BCUT2D eigenvalue weighted by molar-refractivity contribution is 7.18. The Morgan fingerprint density at radius 2 is 1.68 bits per heavy atom.